The van der Waals surface area contributed by atoms with E-state index >= 15 is 0 Å². The topological polar surface area (TPSA) is 35.8 Å². The lowest BCUT2D eigenvalue weighted by molar-refractivity contribution is 0.419. The van der Waals surface area contributed by atoms with Crippen LogP contribution < -0.4 is 5.32 Å². The average molecular weight is 473 g/mol. The fourth-order valence-electron chi connectivity index (χ4n) is 5.34. The second-order valence-corrected chi connectivity index (χ2v) is 9.82. The highest BCUT2D eigenvalue weighted by molar-refractivity contribution is 6.30. The maximum absolute atomic E-state index is 14.1. The molecular formula is C30H30ClFN2. The normalized spacial score (nSPS) is 16.4. The fourth-order valence-corrected chi connectivity index (χ4v) is 5.47. The third-order valence-corrected chi connectivity index (χ3v) is 7.48. The van der Waals surface area contributed by atoms with E-state index in [9.17, 15) is 9.65 Å². The smallest absolute Gasteiger partial charge is 0.123 e. The number of halogens is 2. The van der Waals surface area contributed by atoms with Gasteiger partial charge >= 0.3 is 0 Å². The first-order valence-corrected chi connectivity index (χ1v) is 12.3. The number of rotatable bonds is 8. The van der Waals surface area contributed by atoms with E-state index in [4.69, 9.17) is 11.6 Å². The number of hydrogen-bond acceptors (Lipinski definition) is 2. The lowest BCUT2D eigenvalue weighted by Gasteiger charge is -2.37. The minimum atomic E-state index is -0.268. The van der Waals surface area contributed by atoms with Gasteiger partial charge in [-0.25, -0.2) is 4.39 Å². The first-order valence-electron chi connectivity index (χ1n) is 11.9. The second-order valence-electron chi connectivity index (χ2n) is 9.39. The fraction of sp³-hybridized carbons (Fsp3) is 0.300. The van der Waals surface area contributed by atoms with Gasteiger partial charge in [0.05, 0.1) is 11.6 Å². The summed E-state index contributed by atoms with van der Waals surface area (Å²) in [6, 6.07) is 25.0. The van der Waals surface area contributed by atoms with E-state index < -0.39 is 0 Å². The summed E-state index contributed by atoms with van der Waals surface area (Å²) in [7, 11) is 0. The second kappa shape index (κ2) is 10.5. The van der Waals surface area contributed by atoms with E-state index in [2.05, 4.69) is 43.1 Å². The van der Waals surface area contributed by atoms with Gasteiger partial charge in [0.1, 0.15) is 5.82 Å². The van der Waals surface area contributed by atoms with Gasteiger partial charge in [-0.05, 0) is 79.3 Å². The first kappa shape index (κ1) is 24.0. The maximum atomic E-state index is 14.1. The molecule has 1 saturated carbocycles. The van der Waals surface area contributed by atoms with Gasteiger partial charge in [-0.3, -0.25) is 0 Å². The summed E-state index contributed by atoms with van der Waals surface area (Å²) in [6.07, 6.45) is 4.91. The molecule has 1 fully saturated rings. The molecule has 4 heteroatoms. The maximum Gasteiger partial charge on any atom is 0.123 e. The molecule has 34 heavy (non-hydrogen) atoms. The Labute approximate surface area is 207 Å². The van der Waals surface area contributed by atoms with Crippen LogP contribution in [0.2, 0.25) is 5.02 Å². The van der Waals surface area contributed by atoms with E-state index in [1.54, 1.807) is 12.1 Å². The zero-order valence-electron chi connectivity index (χ0n) is 19.5. The highest BCUT2D eigenvalue weighted by Gasteiger charge is 2.39. The van der Waals surface area contributed by atoms with Crippen LogP contribution in [0.15, 0.2) is 85.1 Å². The Morgan fingerprint density at radius 2 is 1.79 bits per heavy atom. The Balaban J connectivity index is 1.63. The molecule has 1 aliphatic carbocycles. The predicted molar refractivity (Wildman–Crippen MR) is 137 cm³/mol. The molecule has 2 nitrogen and oxygen atoms in total. The van der Waals surface area contributed by atoms with Crippen molar-refractivity contribution in [1.82, 2.24) is 5.32 Å². The third kappa shape index (κ3) is 5.18. The molecule has 0 radical (unpaired) electrons. The van der Waals surface area contributed by atoms with Gasteiger partial charge < -0.3 is 5.32 Å². The molecule has 0 heterocycles. The molecule has 3 aromatic rings. The highest BCUT2D eigenvalue weighted by Crippen LogP contribution is 2.46. The molecule has 3 aromatic carbocycles. The summed E-state index contributed by atoms with van der Waals surface area (Å²) in [5.41, 5.74) is 4.60. The van der Waals surface area contributed by atoms with Gasteiger partial charge in [0.25, 0.3) is 0 Å². The first-order chi connectivity index (χ1) is 16.4. The minimum Gasteiger partial charge on any atom is -0.385 e. The van der Waals surface area contributed by atoms with E-state index in [0.29, 0.717) is 10.6 Å². The molecule has 0 aliphatic heterocycles. The van der Waals surface area contributed by atoms with Crippen molar-refractivity contribution >= 4 is 11.6 Å². The standard InChI is InChI=1S/C30H30ClFN2/c1-21(34-22(2)30(15-3-4-16-30)26-9-6-10-28(32)19-26)29(18-23-11-13-27(31)14-12-23)25-8-5-7-24(17-25)20-33/h5-14,17,19,21,29,34H,2-4,15-16,18H2,1H3. The molecule has 1 N–H and O–H groups in total. The predicted octanol–water partition coefficient (Wildman–Crippen LogP) is 7.68. The average Bonchev–Trinajstić information content (AvgIpc) is 3.35. The van der Waals surface area contributed by atoms with Gasteiger partial charge in [0.15, 0.2) is 0 Å². The molecule has 0 bridgehead atoms. The molecule has 1 aliphatic rings. The van der Waals surface area contributed by atoms with Crippen LogP contribution in [0.5, 0.6) is 0 Å². The van der Waals surface area contributed by atoms with Crippen molar-refractivity contribution in [1.29, 1.82) is 5.26 Å². The van der Waals surface area contributed by atoms with Crippen LogP contribution in [-0.4, -0.2) is 6.04 Å². The number of allylic oxidation sites excluding steroid dienone is 1. The third-order valence-electron chi connectivity index (χ3n) is 7.23. The van der Waals surface area contributed by atoms with Crippen molar-refractivity contribution in [3.63, 3.8) is 0 Å². The van der Waals surface area contributed by atoms with Gasteiger partial charge in [0, 0.05) is 28.1 Å². The lowest BCUT2D eigenvalue weighted by atomic mass is 9.75. The zero-order valence-corrected chi connectivity index (χ0v) is 20.3. The van der Waals surface area contributed by atoms with Gasteiger partial charge in [-0.15, -0.1) is 0 Å². The van der Waals surface area contributed by atoms with E-state index in [0.717, 1.165) is 48.9 Å². The minimum absolute atomic E-state index is 0.0446. The van der Waals surface area contributed by atoms with Gasteiger partial charge in [-0.2, -0.15) is 5.26 Å². The van der Waals surface area contributed by atoms with Crippen LogP contribution in [0, 0.1) is 17.1 Å². The molecule has 0 aromatic heterocycles. The van der Waals surface area contributed by atoms with E-state index in [-0.39, 0.29) is 23.2 Å². The Hall–Kier alpha value is -3.09. The highest BCUT2D eigenvalue weighted by atomic mass is 35.5. The summed E-state index contributed by atoms with van der Waals surface area (Å²) in [6.45, 7) is 6.65. The SMILES string of the molecule is C=C(NC(C)C(Cc1ccc(Cl)cc1)c1cccc(C#N)c1)C1(c2cccc(F)c2)CCCC1. The molecule has 0 amide bonds. The Morgan fingerprint density at radius 3 is 2.47 bits per heavy atom. The van der Waals surface area contributed by atoms with Crippen molar-refractivity contribution in [2.45, 2.75) is 56.4 Å². The quantitative estimate of drug-likeness (QED) is 0.365. The lowest BCUT2D eigenvalue weighted by Crippen LogP contribution is -2.40. The number of nitriles is 1. The Morgan fingerprint density at radius 1 is 1.09 bits per heavy atom. The van der Waals surface area contributed by atoms with Crippen LogP contribution in [0.1, 0.15) is 60.8 Å². The largest absolute Gasteiger partial charge is 0.385 e. The number of nitrogens with one attached hydrogen (secondary N) is 1. The van der Waals surface area contributed by atoms with E-state index in [1.807, 2.05) is 36.4 Å². The van der Waals surface area contributed by atoms with Gasteiger partial charge in [-0.1, -0.05) is 67.4 Å². The summed E-state index contributed by atoms with van der Waals surface area (Å²) in [5, 5.41) is 13.9. The molecule has 174 valence electrons. The zero-order chi connectivity index (χ0) is 24.1. The molecule has 2 unspecified atom stereocenters. The van der Waals surface area contributed by atoms with Crippen molar-refractivity contribution in [3.05, 3.63) is 118 Å². The number of benzene rings is 3. The number of hydrogen-bond donors (Lipinski definition) is 1. The molecular weight excluding hydrogens is 443 g/mol. The molecule has 0 saturated heterocycles. The van der Waals surface area contributed by atoms with Crippen molar-refractivity contribution in [2.24, 2.45) is 0 Å². The van der Waals surface area contributed by atoms with Crippen LogP contribution in [-0.2, 0) is 11.8 Å². The van der Waals surface area contributed by atoms with Crippen LogP contribution in [0.3, 0.4) is 0 Å². The summed E-state index contributed by atoms with van der Waals surface area (Å²) < 4.78 is 14.1. The van der Waals surface area contributed by atoms with Crippen molar-refractivity contribution in [3.8, 4) is 6.07 Å². The summed E-state index contributed by atoms with van der Waals surface area (Å²) in [4.78, 5) is 0. The van der Waals surface area contributed by atoms with Crippen LogP contribution in [0.4, 0.5) is 4.39 Å². The van der Waals surface area contributed by atoms with Crippen LogP contribution in [0.25, 0.3) is 0 Å². The molecule has 2 atom stereocenters. The van der Waals surface area contributed by atoms with Crippen molar-refractivity contribution < 1.29 is 4.39 Å². The van der Waals surface area contributed by atoms with Crippen molar-refractivity contribution in [2.75, 3.05) is 0 Å². The Kier molecular flexibility index (Phi) is 7.39. The number of nitrogens with zero attached hydrogens (tertiary/aromatic N) is 1. The van der Waals surface area contributed by atoms with E-state index in [1.165, 1.54) is 11.6 Å². The monoisotopic (exact) mass is 472 g/mol. The summed E-state index contributed by atoms with van der Waals surface area (Å²) >= 11 is 6.11. The van der Waals surface area contributed by atoms with Gasteiger partial charge in [0.2, 0.25) is 0 Å². The molecule has 4 rings (SSSR count). The van der Waals surface area contributed by atoms with Crippen LogP contribution >= 0.6 is 11.6 Å². The molecule has 0 spiro atoms. The Bertz CT molecular complexity index is 1190. The summed E-state index contributed by atoms with van der Waals surface area (Å²) in [5.74, 6) is -0.101.